The molecule has 0 aliphatic rings. The van der Waals surface area contributed by atoms with E-state index >= 15 is 0 Å². The molecule has 0 aliphatic heterocycles. The lowest BCUT2D eigenvalue weighted by Crippen LogP contribution is -2.11. The molecule has 2 rings (SSSR count). The number of hydrogen-bond acceptors (Lipinski definition) is 3. The Morgan fingerprint density at radius 1 is 1.44 bits per heavy atom. The monoisotopic (exact) mass is 220 g/mol. The van der Waals surface area contributed by atoms with Crippen molar-refractivity contribution in [3.63, 3.8) is 0 Å². The maximum Gasteiger partial charge on any atom is 0.141 e. The van der Waals surface area contributed by atoms with Gasteiger partial charge in [-0.15, -0.1) is 0 Å². The molecule has 0 aromatic carbocycles. The molecule has 4 heteroatoms. The summed E-state index contributed by atoms with van der Waals surface area (Å²) in [6, 6.07) is 4.94. The fourth-order valence-corrected chi connectivity index (χ4v) is 1.55. The highest BCUT2D eigenvalue weighted by atomic mass is 19.1. The molecule has 2 aromatic heterocycles. The summed E-state index contributed by atoms with van der Waals surface area (Å²) in [6.07, 6.45) is 5.84. The zero-order valence-corrected chi connectivity index (χ0v) is 8.77. The van der Waals surface area contributed by atoms with Gasteiger partial charge in [0.2, 0.25) is 0 Å². The molecule has 0 aliphatic carbocycles. The summed E-state index contributed by atoms with van der Waals surface area (Å²) in [5, 5.41) is 0. The van der Waals surface area contributed by atoms with Crippen LogP contribution in [0.15, 0.2) is 41.3 Å². The molecule has 0 amide bonds. The van der Waals surface area contributed by atoms with Crippen molar-refractivity contribution >= 4 is 0 Å². The Hall–Kier alpha value is -1.68. The van der Waals surface area contributed by atoms with Crippen molar-refractivity contribution in [1.29, 1.82) is 0 Å². The van der Waals surface area contributed by atoms with Gasteiger partial charge in [-0.1, -0.05) is 0 Å². The standard InChI is InChI=1S/C12H13FN2O/c13-10-6-9(7-15-8-10)12(14)4-3-11-2-1-5-16-11/h1-2,5-8,12H,3-4,14H2. The van der Waals surface area contributed by atoms with Crippen LogP contribution in [0.3, 0.4) is 0 Å². The molecule has 1 atom stereocenters. The predicted molar refractivity (Wildman–Crippen MR) is 58.2 cm³/mol. The second kappa shape index (κ2) is 4.90. The number of halogens is 1. The van der Waals surface area contributed by atoms with Crippen LogP contribution in [0.5, 0.6) is 0 Å². The van der Waals surface area contributed by atoms with Crippen molar-refractivity contribution in [2.24, 2.45) is 5.73 Å². The Labute approximate surface area is 93.1 Å². The van der Waals surface area contributed by atoms with Crippen molar-refractivity contribution in [2.45, 2.75) is 18.9 Å². The minimum atomic E-state index is -0.356. The van der Waals surface area contributed by atoms with Crippen LogP contribution < -0.4 is 5.73 Å². The van der Waals surface area contributed by atoms with E-state index in [1.807, 2.05) is 12.1 Å². The zero-order chi connectivity index (χ0) is 11.4. The highest BCUT2D eigenvalue weighted by molar-refractivity contribution is 5.15. The zero-order valence-electron chi connectivity index (χ0n) is 8.77. The van der Waals surface area contributed by atoms with E-state index in [1.54, 1.807) is 12.5 Å². The van der Waals surface area contributed by atoms with Gasteiger partial charge in [0.25, 0.3) is 0 Å². The summed E-state index contributed by atoms with van der Waals surface area (Å²) in [4.78, 5) is 3.77. The summed E-state index contributed by atoms with van der Waals surface area (Å²) in [5.41, 5.74) is 6.65. The van der Waals surface area contributed by atoms with Gasteiger partial charge in [-0.2, -0.15) is 0 Å². The van der Waals surface area contributed by atoms with Crippen molar-refractivity contribution in [2.75, 3.05) is 0 Å². The van der Waals surface area contributed by atoms with Crippen LogP contribution in [0, 0.1) is 5.82 Å². The average molecular weight is 220 g/mol. The van der Waals surface area contributed by atoms with E-state index in [-0.39, 0.29) is 11.9 Å². The smallest absolute Gasteiger partial charge is 0.141 e. The lowest BCUT2D eigenvalue weighted by atomic mass is 10.0. The lowest BCUT2D eigenvalue weighted by molar-refractivity contribution is 0.487. The Kier molecular flexibility index (Phi) is 3.31. The Bertz CT molecular complexity index is 442. The maximum atomic E-state index is 12.9. The van der Waals surface area contributed by atoms with Gasteiger partial charge in [0.1, 0.15) is 11.6 Å². The molecule has 0 saturated heterocycles. The Morgan fingerprint density at radius 2 is 2.31 bits per heavy atom. The normalized spacial score (nSPS) is 12.6. The molecule has 0 bridgehead atoms. The topological polar surface area (TPSA) is 52.0 Å². The summed E-state index contributed by atoms with van der Waals surface area (Å²) in [7, 11) is 0. The molecule has 16 heavy (non-hydrogen) atoms. The highest BCUT2D eigenvalue weighted by Gasteiger charge is 2.08. The van der Waals surface area contributed by atoms with Crippen LogP contribution in [-0.4, -0.2) is 4.98 Å². The number of nitrogens with two attached hydrogens (primary N) is 1. The minimum Gasteiger partial charge on any atom is -0.469 e. The predicted octanol–water partition coefficient (Wildman–Crippen LogP) is 2.45. The van der Waals surface area contributed by atoms with E-state index in [0.29, 0.717) is 12.0 Å². The van der Waals surface area contributed by atoms with Gasteiger partial charge in [-0.05, 0) is 30.2 Å². The van der Waals surface area contributed by atoms with Crippen LogP contribution in [0.2, 0.25) is 0 Å². The van der Waals surface area contributed by atoms with Gasteiger partial charge in [0, 0.05) is 18.7 Å². The second-order valence-electron chi connectivity index (χ2n) is 3.66. The number of furan rings is 1. The first-order valence-corrected chi connectivity index (χ1v) is 5.14. The first kappa shape index (κ1) is 10.8. The molecule has 84 valence electrons. The number of hydrogen-bond donors (Lipinski definition) is 1. The molecule has 0 radical (unpaired) electrons. The van der Waals surface area contributed by atoms with Crippen molar-refractivity contribution in [3.8, 4) is 0 Å². The van der Waals surface area contributed by atoms with Crippen LogP contribution in [0.25, 0.3) is 0 Å². The molecule has 0 saturated carbocycles. The van der Waals surface area contributed by atoms with Gasteiger partial charge in [0.05, 0.1) is 12.5 Å². The molecule has 2 heterocycles. The minimum absolute atomic E-state index is 0.215. The first-order chi connectivity index (χ1) is 7.75. The van der Waals surface area contributed by atoms with E-state index in [2.05, 4.69) is 4.98 Å². The van der Waals surface area contributed by atoms with E-state index < -0.39 is 0 Å². The summed E-state index contributed by atoms with van der Waals surface area (Å²) in [5.74, 6) is 0.533. The number of aryl methyl sites for hydroxylation is 1. The van der Waals surface area contributed by atoms with Gasteiger partial charge in [-0.3, -0.25) is 4.98 Å². The fraction of sp³-hybridized carbons (Fsp3) is 0.250. The first-order valence-electron chi connectivity index (χ1n) is 5.14. The molecule has 3 nitrogen and oxygen atoms in total. The SMILES string of the molecule is NC(CCc1ccco1)c1cncc(F)c1. The van der Waals surface area contributed by atoms with Crippen molar-refractivity contribution in [1.82, 2.24) is 4.98 Å². The van der Waals surface area contributed by atoms with E-state index in [9.17, 15) is 4.39 Å². The summed E-state index contributed by atoms with van der Waals surface area (Å²) < 4.78 is 18.1. The number of pyridine rings is 1. The third-order valence-corrected chi connectivity index (χ3v) is 2.44. The number of aromatic nitrogens is 1. The quantitative estimate of drug-likeness (QED) is 0.861. The number of nitrogens with zero attached hydrogens (tertiary/aromatic N) is 1. The van der Waals surface area contributed by atoms with E-state index in [4.69, 9.17) is 10.2 Å². The lowest BCUT2D eigenvalue weighted by Gasteiger charge is -2.10. The second-order valence-corrected chi connectivity index (χ2v) is 3.66. The third-order valence-electron chi connectivity index (χ3n) is 2.44. The molecular formula is C12H13FN2O. The van der Waals surface area contributed by atoms with Gasteiger partial charge < -0.3 is 10.2 Å². The summed E-state index contributed by atoms with van der Waals surface area (Å²) in [6.45, 7) is 0. The maximum absolute atomic E-state index is 12.9. The van der Waals surface area contributed by atoms with Crippen LogP contribution >= 0.6 is 0 Å². The fourth-order valence-electron chi connectivity index (χ4n) is 1.55. The van der Waals surface area contributed by atoms with Gasteiger partial charge in [-0.25, -0.2) is 4.39 Å². The molecule has 0 spiro atoms. The van der Waals surface area contributed by atoms with Crippen molar-refractivity contribution < 1.29 is 8.81 Å². The van der Waals surface area contributed by atoms with Gasteiger partial charge in [0.15, 0.2) is 0 Å². The van der Waals surface area contributed by atoms with Gasteiger partial charge >= 0.3 is 0 Å². The molecular weight excluding hydrogens is 207 g/mol. The Balaban J connectivity index is 1.95. The van der Waals surface area contributed by atoms with Crippen molar-refractivity contribution in [3.05, 3.63) is 54.0 Å². The van der Waals surface area contributed by atoms with Crippen LogP contribution in [0.4, 0.5) is 4.39 Å². The van der Waals surface area contributed by atoms with Crippen LogP contribution in [-0.2, 0) is 6.42 Å². The molecule has 2 N–H and O–H groups in total. The summed E-state index contributed by atoms with van der Waals surface area (Å²) >= 11 is 0. The number of rotatable bonds is 4. The van der Waals surface area contributed by atoms with Crippen LogP contribution in [0.1, 0.15) is 23.8 Å². The molecule has 0 fully saturated rings. The third kappa shape index (κ3) is 2.67. The molecule has 1 unspecified atom stereocenters. The van der Waals surface area contributed by atoms with E-state index in [0.717, 1.165) is 12.2 Å². The average Bonchev–Trinajstić information content (AvgIpc) is 2.78. The highest BCUT2D eigenvalue weighted by Crippen LogP contribution is 2.16. The molecule has 2 aromatic rings. The Morgan fingerprint density at radius 3 is 3.00 bits per heavy atom. The van der Waals surface area contributed by atoms with E-state index in [1.165, 1.54) is 12.3 Å². The largest absolute Gasteiger partial charge is 0.469 e.